The molecular weight excluding hydrogens is 326 g/mol. The molecule has 0 aliphatic rings. The predicted octanol–water partition coefficient (Wildman–Crippen LogP) is 1.58. The van der Waals surface area contributed by atoms with Crippen molar-refractivity contribution >= 4 is 23.4 Å². The highest BCUT2D eigenvalue weighted by atomic mass is 32.2. The first kappa shape index (κ1) is 16.3. The number of benzene rings is 1. The molecule has 3 aromatic rings. The lowest BCUT2D eigenvalue weighted by atomic mass is 10.1. The first-order valence-electron chi connectivity index (χ1n) is 7.44. The van der Waals surface area contributed by atoms with Crippen molar-refractivity contribution in [2.75, 3.05) is 19.4 Å². The molecule has 0 saturated carbocycles. The highest BCUT2D eigenvalue weighted by molar-refractivity contribution is 7.99. The summed E-state index contributed by atoms with van der Waals surface area (Å²) in [5, 5.41) is 7.68. The van der Waals surface area contributed by atoms with Gasteiger partial charge in [-0.1, -0.05) is 23.9 Å². The van der Waals surface area contributed by atoms with E-state index < -0.39 is 0 Å². The van der Waals surface area contributed by atoms with E-state index in [1.165, 1.54) is 11.8 Å². The number of carbonyl (C=O) groups is 1. The van der Waals surface area contributed by atoms with Crippen LogP contribution >= 0.6 is 11.8 Å². The maximum Gasteiger partial charge on any atom is 0.253 e. The van der Waals surface area contributed by atoms with Crippen molar-refractivity contribution in [1.29, 1.82) is 0 Å². The first-order valence-corrected chi connectivity index (χ1v) is 8.43. The van der Waals surface area contributed by atoms with Gasteiger partial charge < -0.3 is 10.1 Å². The fourth-order valence-corrected chi connectivity index (χ4v) is 2.75. The molecule has 124 valence electrons. The number of carbonyl (C=O) groups excluding carboxylic acids is 1. The standard InChI is InChI=1S/C16H17N5O2S/c1-23-13-5-3-12(4-6-13)7-9-17-14(22)11-24-16-19-15-18-8-2-10-21(15)20-16/h2-6,8,10H,7,9,11H2,1H3,(H,17,22). The van der Waals surface area contributed by atoms with Gasteiger partial charge in [0.15, 0.2) is 0 Å². The van der Waals surface area contributed by atoms with Crippen LogP contribution in [0.3, 0.4) is 0 Å². The van der Waals surface area contributed by atoms with Gasteiger partial charge in [0.1, 0.15) is 5.75 Å². The van der Waals surface area contributed by atoms with Crippen LogP contribution in [0, 0.1) is 0 Å². The Morgan fingerprint density at radius 1 is 1.33 bits per heavy atom. The summed E-state index contributed by atoms with van der Waals surface area (Å²) in [7, 11) is 1.64. The Hall–Kier alpha value is -2.61. The van der Waals surface area contributed by atoms with E-state index in [-0.39, 0.29) is 11.7 Å². The Morgan fingerprint density at radius 2 is 2.17 bits per heavy atom. The summed E-state index contributed by atoms with van der Waals surface area (Å²) >= 11 is 1.29. The van der Waals surface area contributed by atoms with Crippen LogP contribution in [-0.2, 0) is 11.2 Å². The zero-order valence-electron chi connectivity index (χ0n) is 13.2. The smallest absolute Gasteiger partial charge is 0.253 e. The molecule has 1 aromatic carbocycles. The summed E-state index contributed by atoms with van der Waals surface area (Å²) in [6.45, 7) is 0.589. The highest BCUT2D eigenvalue weighted by Crippen LogP contribution is 2.13. The van der Waals surface area contributed by atoms with Crippen molar-refractivity contribution in [2.45, 2.75) is 11.6 Å². The number of rotatable bonds is 7. The number of ether oxygens (including phenoxy) is 1. The van der Waals surface area contributed by atoms with Crippen molar-refractivity contribution in [3.63, 3.8) is 0 Å². The molecule has 2 aromatic heterocycles. The van der Waals surface area contributed by atoms with Crippen LogP contribution in [0.25, 0.3) is 5.78 Å². The largest absolute Gasteiger partial charge is 0.497 e. The van der Waals surface area contributed by atoms with Crippen LogP contribution in [0.15, 0.2) is 47.9 Å². The van der Waals surface area contributed by atoms with Crippen LogP contribution in [-0.4, -0.2) is 44.9 Å². The minimum Gasteiger partial charge on any atom is -0.497 e. The van der Waals surface area contributed by atoms with Crippen LogP contribution in [0.5, 0.6) is 5.75 Å². The number of hydrogen-bond donors (Lipinski definition) is 1. The molecule has 0 saturated heterocycles. The molecule has 0 aliphatic heterocycles. The molecule has 0 bridgehead atoms. The van der Waals surface area contributed by atoms with Gasteiger partial charge >= 0.3 is 0 Å². The second kappa shape index (κ2) is 7.78. The summed E-state index contributed by atoms with van der Waals surface area (Å²) in [5.41, 5.74) is 1.15. The van der Waals surface area contributed by atoms with Crippen molar-refractivity contribution in [3.8, 4) is 5.75 Å². The van der Waals surface area contributed by atoms with Crippen molar-refractivity contribution in [2.24, 2.45) is 0 Å². The fraction of sp³-hybridized carbons (Fsp3) is 0.250. The number of amides is 1. The molecular formula is C16H17N5O2S. The molecule has 1 amide bonds. The molecule has 7 nitrogen and oxygen atoms in total. The monoisotopic (exact) mass is 343 g/mol. The van der Waals surface area contributed by atoms with Crippen LogP contribution < -0.4 is 10.1 Å². The molecule has 0 atom stereocenters. The zero-order valence-corrected chi connectivity index (χ0v) is 14.0. The zero-order chi connectivity index (χ0) is 16.8. The minimum atomic E-state index is -0.0414. The van der Waals surface area contributed by atoms with Crippen LogP contribution in [0.1, 0.15) is 5.56 Å². The normalized spacial score (nSPS) is 10.7. The number of methoxy groups -OCH3 is 1. The Bertz CT molecular complexity index is 786. The van der Waals surface area contributed by atoms with Crippen molar-refractivity contribution in [1.82, 2.24) is 24.9 Å². The summed E-state index contributed by atoms with van der Waals surface area (Å²) < 4.78 is 6.70. The SMILES string of the molecule is COc1ccc(CCNC(=O)CSc2nc3ncccn3n2)cc1. The van der Waals surface area contributed by atoms with Crippen molar-refractivity contribution in [3.05, 3.63) is 48.3 Å². The maximum absolute atomic E-state index is 11.9. The summed E-state index contributed by atoms with van der Waals surface area (Å²) in [5.74, 6) is 1.59. The van der Waals surface area contributed by atoms with Gasteiger partial charge in [0.05, 0.1) is 12.9 Å². The van der Waals surface area contributed by atoms with E-state index in [0.29, 0.717) is 17.5 Å². The van der Waals surface area contributed by atoms with E-state index in [2.05, 4.69) is 20.4 Å². The third-order valence-corrected chi connectivity index (χ3v) is 4.16. The molecule has 0 spiro atoms. The second-order valence-electron chi connectivity index (χ2n) is 5.00. The third kappa shape index (κ3) is 4.23. The van der Waals surface area contributed by atoms with Gasteiger partial charge in [-0.2, -0.15) is 4.98 Å². The first-order chi connectivity index (χ1) is 11.7. The van der Waals surface area contributed by atoms with Gasteiger partial charge in [-0.15, -0.1) is 5.10 Å². The Morgan fingerprint density at radius 3 is 2.92 bits per heavy atom. The molecule has 3 rings (SSSR count). The van der Waals surface area contributed by atoms with Crippen molar-refractivity contribution < 1.29 is 9.53 Å². The number of aromatic nitrogens is 4. The summed E-state index contributed by atoms with van der Waals surface area (Å²) in [6.07, 6.45) is 4.20. The van der Waals surface area contributed by atoms with Crippen LogP contribution in [0.2, 0.25) is 0 Å². The topological polar surface area (TPSA) is 81.4 Å². The van der Waals surface area contributed by atoms with Crippen LogP contribution in [0.4, 0.5) is 0 Å². The number of thioether (sulfide) groups is 1. The molecule has 0 radical (unpaired) electrons. The number of hydrogen-bond acceptors (Lipinski definition) is 6. The number of fused-ring (bicyclic) bond motifs is 1. The molecule has 0 unspecified atom stereocenters. The van der Waals surface area contributed by atoms with E-state index in [1.54, 1.807) is 30.1 Å². The van der Waals surface area contributed by atoms with Gasteiger partial charge in [-0.05, 0) is 30.2 Å². The molecule has 2 heterocycles. The highest BCUT2D eigenvalue weighted by Gasteiger charge is 2.08. The van der Waals surface area contributed by atoms with Gasteiger partial charge in [-0.25, -0.2) is 9.50 Å². The third-order valence-electron chi connectivity index (χ3n) is 3.32. The lowest BCUT2D eigenvalue weighted by Crippen LogP contribution is -2.27. The van der Waals surface area contributed by atoms with E-state index in [1.807, 2.05) is 24.3 Å². The summed E-state index contributed by atoms with van der Waals surface area (Å²) in [6, 6.07) is 9.59. The Labute approximate surface area is 143 Å². The molecule has 24 heavy (non-hydrogen) atoms. The minimum absolute atomic E-state index is 0.0414. The number of nitrogens with zero attached hydrogens (tertiary/aromatic N) is 4. The fourth-order valence-electron chi connectivity index (χ4n) is 2.09. The van der Waals surface area contributed by atoms with Gasteiger partial charge in [0.2, 0.25) is 11.1 Å². The lowest BCUT2D eigenvalue weighted by molar-refractivity contribution is -0.118. The maximum atomic E-state index is 11.9. The lowest BCUT2D eigenvalue weighted by Gasteiger charge is -2.05. The molecule has 8 heteroatoms. The van der Waals surface area contributed by atoms with Gasteiger partial charge in [0, 0.05) is 18.9 Å². The average Bonchev–Trinajstić information content (AvgIpc) is 3.03. The quantitative estimate of drug-likeness (QED) is 0.656. The molecule has 0 aliphatic carbocycles. The van der Waals surface area contributed by atoms with E-state index in [9.17, 15) is 4.79 Å². The Kier molecular flexibility index (Phi) is 5.27. The second-order valence-corrected chi connectivity index (χ2v) is 5.94. The van der Waals surface area contributed by atoms with Gasteiger partial charge in [0.25, 0.3) is 5.78 Å². The van der Waals surface area contributed by atoms with E-state index in [4.69, 9.17) is 4.74 Å². The Balaban J connectivity index is 1.42. The van der Waals surface area contributed by atoms with E-state index >= 15 is 0 Å². The number of nitrogens with one attached hydrogen (secondary N) is 1. The average molecular weight is 343 g/mol. The molecule has 1 N–H and O–H groups in total. The van der Waals surface area contributed by atoms with E-state index in [0.717, 1.165) is 17.7 Å². The summed E-state index contributed by atoms with van der Waals surface area (Å²) in [4.78, 5) is 20.2. The molecule has 0 fully saturated rings. The van der Waals surface area contributed by atoms with Gasteiger partial charge in [-0.3, -0.25) is 4.79 Å². The predicted molar refractivity (Wildman–Crippen MR) is 91.2 cm³/mol.